The first-order valence-electron chi connectivity index (χ1n) is 5.37. The minimum atomic E-state index is -0.0741. The van der Waals surface area contributed by atoms with E-state index in [2.05, 4.69) is 15.2 Å². The van der Waals surface area contributed by atoms with Gasteiger partial charge in [-0.1, -0.05) is 6.07 Å². The highest BCUT2D eigenvalue weighted by Crippen LogP contribution is 2.22. The molecule has 0 spiro atoms. The Morgan fingerprint density at radius 3 is 3.00 bits per heavy atom. The van der Waals surface area contributed by atoms with Crippen molar-refractivity contribution < 1.29 is 0 Å². The minimum absolute atomic E-state index is 0.0741. The summed E-state index contributed by atoms with van der Waals surface area (Å²) in [5.74, 6) is 1.26. The van der Waals surface area contributed by atoms with Crippen LogP contribution < -0.4 is 5.56 Å². The Bertz CT molecular complexity index is 727. The molecule has 3 rings (SSSR count). The summed E-state index contributed by atoms with van der Waals surface area (Å²) in [4.78, 5) is 17.0. The summed E-state index contributed by atoms with van der Waals surface area (Å²) in [6.07, 6.45) is 1.71. The molecule has 1 N–H and O–H groups in total. The Balaban J connectivity index is 2.03. The summed E-state index contributed by atoms with van der Waals surface area (Å²) in [5.41, 5.74) is 0.645. The smallest absolute Gasteiger partial charge is 0.250 e. The van der Waals surface area contributed by atoms with Gasteiger partial charge in [0.15, 0.2) is 11.6 Å². The molecule has 0 saturated heterocycles. The van der Waals surface area contributed by atoms with E-state index in [1.807, 2.05) is 23.6 Å². The number of H-pyrrole nitrogens is 1. The van der Waals surface area contributed by atoms with E-state index in [0.29, 0.717) is 5.82 Å². The van der Waals surface area contributed by atoms with E-state index < -0.39 is 0 Å². The average molecular weight is 258 g/mol. The second kappa shape index (κ2) is 4.23. The normalized spacial score (nSPS) is 10.7. The van der Waals surface area contributed by atoms with Crippen LogP contribution in [0.4, 0.5) is 0 Å². The van der Waals surface area contributed by atoms with Gasteiger partial charge in [0.05, 0.1) is 4.88 Å². The number of hydrogen-bond donors (Lipinski definition) is 1. The third kappa shape index (κ3) is 1.86. The summed E-state index contributed by atoms with van der Waals surface area (Å²) in [5, 5.41) is 9.00. The van der Waals surface area contributed by atoms with Crippen LogP contribution in [-0.4, -0.2) is 19.7 Å². The Labute approximate surface area is 107 Å². The van der Waals surface area contributed by atoms with Crippen molar-refractivity contribution in [2.45, 2.75) is 0 Å². The van der Waals surface area contributed by atoms with Crippen molar-refractivity contribution in [2.24, 2.45) is 7.05 Å². The maximum Gasteiger partial charge on any atom is 0.250 e. The van der Waals surface area contributed by atoms with Crippen LogP contribution in [0.25, 0.3) is 22.1 Å². The standard InChI is InChI=1S/C12H10N4OS/c1-16-5-4-8(7-10(16)17)11-13-12(15-14-11)9-3-2-6-18-9/h2-7H,1H3,(H,13,14,15). The quantitative estimate of drug-likeness (QED) is 0.763. The van der Waals surface area contributed by atoms with Gasteiger partial charge in [-0.25, -0.2) is 4.98 Å². The molecule has 0 atom stereocenters. The Morgan fingerprint density at radius 2 is 2.28 bits per heavy atom. The van der Waals surface area contributed by atoms with Crippen LogP contribution in [0.15, 0.2) is 40.6 Å². The van der Waals surface area contributed by atoms with Gasteiger partial charge in [0, 0.05) is 24.9 Å². The Morgan fingerprint density at radius 1 is 1.39 bits per heavy atom. The lowest BCUT2D eigenvalue weighted by molar-refractivity contribution is 0.860. The van der Waals surface area contributed by atoms with E-state index in [4.69, 9.17) is 0 Å². The van der Waals surface area contributed by atoms with E-state index in [0.717, 1.165) is 16.3 Å². The molecule has 6 heteroatoms. The highest BCUT2D eigenvalue weighted by molar-refractivity contribution is 7.13. The topological polar surface area (TPSA) is 63.6 Å². The molecule has 3 aromatic rings. The molecule has 0 aliphatic rings. The van der Waals surface area contributed by atoms with E-state index in [-0.39, 0.29) is 5.56 Å². The molecule has 0 bridgehead atoms. The molecular weight excluding hydrogens is 248 g/mol. The molecule has 18 heavy (non-hydrogen) atoms. The molecule has 3 heterocycles. The fourth-order valence-corrected chi connectivity index (χ4v) is 2.27. The van der Waals surface area contributed by atoms with Crippen molar-refractivity contribution in [3.63, 3.8) is 0 Å². The van der Waals surface area contributed by atoms with Crippen LogP contribution in [0, 0.1) is 0 Å². The number of aromatic nitrogens is 4. The largest absolute Gasteiger partial charge is 0.319 e. The SMILES string of the molecule is Cn1ccc(-c2n[nH]c(-c3cccs3)n2)cc1=O. The molecule has 5 nitrogen and oxygen atoms in total. The average Bonchev–Trinajstić information content (AvgIpc) is 3.01. The van der Waals surface area contributed by atoms with Gasteiger partial charge in [-0.15, -0.1) is 11.3 Å². The van der Waals surface area contributed by atoms with Crippen LogP contribution in [-0.2, 0) is 7.05 Å². The Kier molecular flexibility index (Phi) is 2.56. The zero-order valence-electron chi connectivity index (χ0n) is 9.62. The fourth-order valence-electron chi connectivity index (χ4n) is 1.60. The molecule has 0 unspecified atom stereocenters. The number of nitrogens with zero attached hydrogens (tertiary/aromatic N) is 3. The molecule has 0 aliphatic heterocycles. The van der Waals surface area contributed by atoms with Gasteiger partial charge in [0.25, 0.3) is 5.56 Å². The first kappa shape index (κ1) is 10.9. The first-order chi connectivity index (χ1) is 8.74. The zero-order valence-corrected chi connectivity index (χ0v) is 10.4. The summed E-state index contributed by atoms with van der Waals surface area (Å²) >= 11 is 1.59. The molecule has 0 amide bonds. The number of nitrogens with one attached hydrogen (secondary N) is 1. The van der Waals surface area contributed by atoms with Crippen LogP contribution in [0.5, 0.6) is 0 Å². The number of aryl methyl sites for hydroxylation is 1. The maximum absolute atomic E-state index is 11.5. The molecule has 0 fully saturated rings. The predicted molar refractivity (Wildman–Crippen MR) is 70.4 cm³/mol. The summed E-state index contributed by atoms with van der Waals surface area (Å²) in [6.45, 7) is 0. The zero-order chi connectivity index (χ0) is 12.5. The molecular formula is C12H10N4OS. The van der Waals surface area contributed by atoms with Crippen molar-refractivity contribution in [1.29, 1.82) is 0 Å². The lowest BCUT2D eigenvalue weighted by Gasteiger charge is -1.97. The second-order valence-electron chi connectivity index (χ2n) is 3.85. The van der Waals surface area contributed by atoms with Crippen LogP contribution >= 0.6 is 11.3 Å². The van der Waals surface area contributed by atoms with Crippen molar-refractivity contribution in [2.75, 3.05) is 0 Å². The number of pyridine rings is 1. The van der Waals surface area contributed by atoms with Gasteiger partial charge in [-0.3, -0.25) is 9.89 Å². The van der Waals surface area contributed by atoms with E-state index in [1.54, 1.807) is 24.6 Å². The van der Waals surface area contributed by atoms with E-state index in [9.17, 15) is 4.79 Å². The van der Waals surface area contributed by atoms with Gasteiger partial charge in [0.2, 0.25) is 0 Å². The monoisotopic (exact) mass is 258 g/mol. The third-order valence-electron chi connectivity index (χ3n) is 2.60. The second-order valence-corrected chi connectivity index (χ2v) is 4.80. The van der Waals surface area contributed by atoms with Gasteiger partial charge < -0.3 is 4.57 Å². The summed E-state index contributed by atoms with van der Waals surface area (Å²) < 4.78 is 1.51. The number of rotatable bonds is 2. The van der Waals surface area contributed by atoms with E-state index >= 15 is 0 Å². The van der Waals surface area contributed by atoms with Crippen molar-refractivity contribution >= 4 is 11.3 Å². The third-order valence-corrected chi connectivity index (χ3v) is 3.48. The van der Waals surface area contributed by atoms with Crippen molar-refractivity contribution in [3.05, 3.63) is 46.2 Å². The molecule has 0 saturated carbocycles. The number of hydrogen-bond acceptors (Lipinski definition) is 4. The maximum atomic E-state index is 11.5. The Hall–Kier alpha value is -2.21. The van der Waals surface area contributed by atoms with Gasteiger partial charge in [-0.05, 0) is 17.5 Å². The van der Waals surface area contributed by atoms with Gasteiger partial charge in [0.1, 0.15) is 0 Å². The molecule has 90 valence electrons. The molecule has 0 aromatic carbocycles. The summed E-state index contributed by atoms with van der Waals surface area (Å²) in [6, 6.07) is 7.28. The highest BCUT2D eigenvalue weighted by atomic mass is 32.1. The van der Waals surface area contributed by atoms with Crippen LogP contribution in [0.3, 0.4) is 0 Å². The highest BCUT2D eigenvalue weighted by Gasteiger charge is 2.08. The predicted octanol–water partition coefficient (Wildman–Crippen LogP) is 1.90. The summed E-state index contributed by atoms with van der Waals surface area (Å²) in [7, 11) is 1.71. The van der Waals surface area contributed by atoms with Crippen molar-refractivity contribution in [1.82, 2.24) is 19.7 Å². The van der Waals surface area contributed by atoms with Gasteiger partial charge >= 0.3 is 0 Å². The minimum Gasteiger partial charge on any atom is -0.319 e. The number of aromatic amines is 1. The van der Waals surface area contributed by atoms with Crippen molar-refractivity contribution in [3.8, 4) is 22.1 Å². The van der Waals surface area contributed by atoms with Crippen LogP contribution in [0.1, 0.15) is 0 Å². The molecule has 0 radical (unpaired) electrons. The first-order valence-corrected chi connectivity index (χ1v) is 6.25. The fraction of sp³-hybridized carbons (Fsp3) is 0.0833. The lowest BCUT2D eigenvalue weighted by atomic mass is 10.2. The van der Waals surface area contributed by atoms with Gasteiger partial charge in [-0.2, -0.15) is 5.10 Å². The number of thiophene rings is 1. The van der Waals surface area contributed by atoms with E-state index in [1.165, 1.54) is 10.6 Å². The molecule has 3 aromatic heterocycles. The molecule has 0 aliphatic carbocycles. The van der Waals surface area contributed by atoms with Crippen LogP contribution in [0.2, 0.25) is 0 Å². The lowest BCUT2D eigenvalue weighted by Crippen LogP contribution is -2.14.